The molecule has 154 valence electrons. The standard InChI is InChI=1S/C20H37N5OS/c1-2-3-12-15-21-19(26)22-16-13-10-8-6-4-5-7-9-11-14-17-27-20-23-18-24-25-20/h4,6,18H,2-3,5,7-17H2,1H3,(H2,21,22,26)(H,23,24,25). The lowest BCUT2D eigenvalue weighted by molar-refractivity contribution is 0.240. The SMILES string of the molecule is CCCCCNC(=O)NCCCCC=CCCCCCCSc1ncn[nH]1. The van der Waals surface area contributed by atoms with E-state index in [1.165, 1.54) is 44.9 Å². The maximum Gasteiger partial charge on any atom is 0.314 e. The minimum absolute atomic E-state index is 0.0270. The van der Waals surface area contributed by atoms with E-state index in [2.05, 4.69) is 44.9 Å². The highest BCUT2D eigenvalue weighted by Gasteiger charge is 1.98. The molecular weight excluding hydrogens is 358 g/mol. The van der Waals surface area contributed by atoms with E-state index in [1.54, 1.807) is 18.1 Å². The van der Waals surface area contributed by atoms with Crippen LogP contribution in [0.4, 0.5) is 4.79 Å². The van der Waals surface area contributed by atoms with Gasteiger partial charge in [0.25, 0.3) is 0 Å². The van der Waals surface area contributed by atoms with E-state index < -0.39 is 0 Å². The summed E-state index contributed by atoms with van der Waals surface area (Å²) in [6.07, 6.45) is 19.1. The second-order valence-corrected chi connectivity index (χ2v) is 7.78. The molecule has 6 nitrogen and oxygen atoms in total. The molecule has 0 spiro atoms. The summed E-state index contributed by atoms with van der Waals surface area (Å²) in [6, 6.07) is -0.0270. The van der Waals surface area contributed by atoms with E-state index in [0.717, 1.165) is 49.7 Å². The number of hydrogen-bond acceptors (Lipinski definition) is 4. The molecule has 2 amide bonds. The molecule has 0 radical (unpaired) electrons. The van der Waals surface area contributed by atoms with Gasteiger partial charge in [0, 0.05) is 18.8 Å². The van der Waals surface area contributed by atoms with Crippen LogP contribution in [0, 0.1) is 0 Å². The van der Waals surface area contributed by atoms with Gasteiger partial charge in [0.05, 0.1) is 0 Å². The van der Waals surface area contributed by atoms with Crippen molar-refractivity contribution in [1.29, 1.82) is 0 Å². The summed E-state index contributed by atoms with van der Waals surface area (Å²) in [6.45, 7) is 3.71. The van der Waals surface area contributed by atoms with Gasteiger partial charge >= 0.3 is 6.03 Å². The molecule has 0 aromatic carbocycles. The monoisotopic (exact) mass is 395 g/mol. The Labute approximate surface area is 168 Å². The van der Waals surface area contributed by atoms with Gasteiger partial charge in [0.1, 0.15) is 6.33 Å². The number of carbonyl (C=O) groups is 1. The Balaban J connectivity index is 1.77. The Morgan fingerprint density at radius 2 is 1.67 bits per heavy atom. The number of amides is 2. The number of unbranched alkanes of at least 4 members (excludes halogenated alkanes) is 8. The molecule has 0 saturated heterocycles. The van der Waals surface area contributed by atoms with Crippen LogP contribution in [0.5, 0.6) is 0 Å². The highest BCUT2D eigenvalue weighted by atomic mass is 32.2. The zero-order chi connectivity index (χ0) is 19.4. The average molecular weight is 396 g/mol. The number of aromatic nitrogens is 3. The van der Waals surface area contributed by atoms with E-state index in [1.807, 2.05) is 0 Å². The van der Waals surface area contributed by atoms with Crippen LogP contribution >= 0.6 is 11.8 Å². The molecule has 7 heteroatoms. The van der Waals surface area contributed by atoms with Gasteiger partial charge in [0.15, 0.2) is 5.16 Å². The van der Waals surface area contributed by atoms with Crippen LogP contribution in [-0.2, 0) is 0 Å². The Kier molecular flexibility index (Phi) is 15.6. The van der Waals surface area contributed by atoms with Crippen molar-refractivity contribution in [2.45, 2.75) is 82.7 Å². The lowest BCUT2D eigenvalue weighted by atomic mass is 10.1. The van der Waals surface area contributed by atoms with E-state index >= 15 is 0 Å². The highest BCUT2D eigenvalue weighted by Crippen LogP contribution is 2.14. The smallest absolute Gasteiger partial charge is 0.314 e. The number of aromatic amines is 1. The summed E-state index contributed by atoms with van der Waals surface area (Å²) in [4.78, 5) is 15.6. The maximum absolute atomic E-state index is 11.5. The number of H-pyrrole nitrogens is 1. The van der Waals surface area contributed by atoms with Crippen LogP contribution in [0.15, 0.2) is 23.6 Å². The van der Waals surface area contributed by atoms with Crippen LogP contribution < -0.4 is 10.6 Å². The molecule has 0 unspecified atom stereocenters. The molecule has 1 rings (SSSR count). The number of thioether (sulfide) groups is 1. The molecule has 0 saturated carbocycles. The van der Waals surface area contributed by atoms with Crippen molar-refractivity contribution in [1.82, 2.24) is 25.8 Å². The number of allylic oxidation sites excluding steroid dienone is 2. The summed E-state index contributed by atoms with van der Waals surface area (Å²) >= 11 is 1.74. The molecule has 0 bridgehead atoms. The van der Waals surface area contributed by atoms with E-state index in [0.29, 0.717) is 0 Å². The number of rotatable bonds is 17. The van der Waals surface area contributed by atoms with Gasteiger partial charge in [-0.2, -0.15) is 5.10 Å². The molecule has 1 aromatic heterocycles. The molecular formula is C20H37N5OS. The van der Waals surface area contributed by atoms with Crippen LogP contribution in [0.25, 0.3) is 0 Å². The molecule has 0 fully saturated rings. The number of carbonyl (C=O) groups excluding carboxylic acids is 1. The first-order valence-corrected chi connectivity index (χ1v) is 11.5. The molecule has 27 heavy (non-hydrogen) atoms. The quantitative estimate of drug-likeness (QED) is 0.195. The zero-order valence-electron chi connectivity index (χ0n) is 16.8. The predicted molar refractivity (Wildman–Crippen MR) is 114 cm³/mol. The molecule has 0 aliphatic carbocycles. The van der Waals surface area contributed by atoms with Crippen LogP contribution in [0.2, 0.25) is 0 Å². The van der Waals surface area contributed by atoms with Gasteiger partial charge in [0.2, 0.25) is 0 Å². The Morgan fingerprint density at radius 1 is 1.00 bits per heavy atom. The normalized spacial score (nSPS) is 11.1. The van der Waals surface area contributed by atoms with E-state index in [4.69, 9.17) is 0 Å². The first-order chi connectivity index (χ1) is 13.3. The molecule has 1 aromatic rings. The molecule has 0 aliphatic rings. The van der Waals surface area contributed by atoms with Crippen LogP contribution in [0.1, 0.15) is 77.6 Å². The maximum atomic E-state index is 11.5. The van der Waals surface area contributed by atoms with Gasteiger partial charge in [-0.25, -0.2) is 9.78 Å². The van der Waals surface area contributed by atoms with Gasteiger partial charge < -0.3 is 10.6 Å². The Bertz CT molecular complexity index is 479. The third-order valence-corrected chi connectivity index (χ3v) is 5.18. The topological polar surface area (TPSA) is 82.7 Å². The third-order valence-electron chi connectivity index (χ3n) is 4.21. The van der Waals surface area contributed by atoms with Crippen molar-refractivity contribution in [3.63, 3.8) is 0 Å². The highest BCUT2D eigenvalue weighted by molar-refractivity contribution is 7.99. The third kappa shape index (κ3) is 15.3. The van der Waals surface area contributed by atoms with Gasteiger partial charge in [-0.05, 0) is 44.9 Å². The van der Waals surface area contributed by atoms with E-state index in [9.17, 15) is 4.79 Å². The predicted octanol–water partition coefficient (Wildman–Crippen LogP) is 5.06. The van der Waals surface area contributed by atoms with E-state index in [-0.39, 0.29) is 6.03 Å². The Morgan fingerprint density at radius 3 is 2.33 bits per heavy atom. The lowest BCUT2D eigenvalue weighted by Crippen LogP contribution is -2.36. The van der Waals surface area contributed by atoms with Crippen LogP contribution in [0.3, 0.4) is 0 Å². The minimum Gasteiger partial charge on any atom is -0.338 e. The largest absolute Gasteiger partial charge is 0.338 e. The Hall–Kier alpha value is -1.50. The number of urea groups is 1. The molecule has 1 heterocycles. The average Bonchev–Trinajstić information content (AvgIpc) is 3.19. The van der Waals surface area contributed by atoms with Crippen molar-refractivity contribution in [2.75, 3.05) is 18.8 Å². The molecule has 3 N–H and O–H groups in total. The van der Waals surface area contributed by atoms with Crippen molar-refractivity contribution < 1.29 is 4.79 Å². The van der Waals surface area contributed by atoms with Gasteiger partial charge in [-0.15, -0.1) is 0 Å². The lowest BCUT2D eigenvalue weighted by Gasteiger charge is -2.06. The molecule has 0 aliphatic heterocycles. The fourth-order valence-corrected chi connectivity index (χ4v) is 3.40. The second kappa shape index (κ2) is 17.9. The van der Waals surface area contributed by atoms with Gasteiger partial charge in [-0.3, -0.25) is 5.10 Å². The second-order valence-electron chi connectivity index (χ2n) is 6.70. The number of nitrogens with one attached hydrogen (secondary N) is 3. The number of hydrogen-bond donors (Lipinski definition) is 3. The fourth-order valence-electron chi connectivity index (χ4n) is 2.61. The summed E-state index contributed by atoms with van der Waals surface area (Å²) < 4.78 is 0. The summed E-state index contributed by atoms with van der Waals surface area (Å²) in [7, 11) is 0. The fraction of sp³-hybridized carbons (Fsp3) is 0.750. The van der Waals surface area contributed by atoms with Crippen molar-refractivity contribution >= 4 is 17.8 Å². The molecule has 0 atom stereocenters. The summed E-state index contributed by atoms with van der Waals surface area (Å²) in [5.74, 6) is 1.11. The zero-order valence-corrected chi connectivity index (χ0v) is 17.7. The first-order valence-electron chi connectivity index (χ1n) is 10.5. The minimum atomic E-state index is -0.0270. The van der Waals surface area contributed by atoms with Crippen LogP contribution in [-0.4, -0.2) is 40.1 Å². The number of nitrogens with zero attached hydrogens (tertiary/aromatic N) is 2. The first kappa shape index (κ1) is 23.5. The van der Waals surface area contributed by atoms with Crippen molar-refractivity contribution in [3.05, 3.63) is 18.5 Å². The van der Waals surface area contributed by atoms with Crippen molar-refractivity contribution in [2.24, 2.45) is 0 Å². The van der Waals surface area contributed by atoms with Crippen molar-refractivity contribution in [3.8, 4) is 0 Å². The van der Waals surface area contributed by atoms with Gasteiger partial charge in [-0.1, -0.05) is 56.5 Å². The summed E-state index contributed by atoms with van der Waals surface area (Å²) in [5, 5.41) is 13.4. The summed E-state index contributed by atoms with van der Waals surface area (Å²) in [5.41, 5.74) is 0.